The molecule has 2 aromatic rings. The van der Waals surface area contributed by atoms with E-state index < -0.39 is 6.04 Å². The molecule has 1 atom stereocenters. The lowest BCUT2D eigenvalue weighted by atomic mass is 10.1. The summed E-state index contributed by atoms with van der Waals surface area (Å²) >= 11 is 12.3. The fourth-order valence-corrected chi connectivity index (χ4v) is 3.33. The summed E-state index contributed by atoms with van der Waals surface area (Å²) in [6.45, 7) is 5.77. The predicted octanol–water partition coefficient (Wildman–Crippen LogP) is 4.87. The summed E-state index contributed by atoms with van der Waals surface area (Å²) in [5, 5.41) is 3.88. The first-order chi connectivity index (χ1) is 13.3. The van der Waals surface area contributed by atoms with Crippen LogP contribution >= 0.6 is 23.2 Å². The van der Waals surface area contributed by atoms with E-state index in [1.165, 1.54) is 0 Å². The Bertz CT molecular complexity index is 809. The molecule has 0 bridgehead atoms. The molecule has 0 aliphatic heterocycles. The first-order valence-corrected chi connectivity index (χ1v) is 10.1. The summed E-state index contributed by atoms with van der Waals surface area (Å²) in [5.74, 6) is -0.283. The number of hydrogen-bond donors (Lipinski definition) is 1. The third-order valence-corrected chi connectivity index (χ3v) is 5.01. The van der Waals surface area contributed by atoms with E-state index in [1.54, 1.807) is 30.0 Å². The second kappa shape index (κ2) is 10.5. The second-order valence-electron chi connectivity index (χ2n) is 7.08. The van der Waals surface area contributed by atoms with Gasteiger partial charge in [-0.2, -0.15) is 0 Å². The summed E-state index contributed by atoms with van der Waals surface area (Å²) in [6.07, 6.45) is 0.928. The van der Waals surface area contributed by atoms with Crippen molar-refractivity contribution in [2.45, 2.75) is 52.2 Å². The van der Waals surface area contributed by atoms with Gasteiger partial charge in [-0.1, -0.05) is 59.6 Å². The van der Waals surface area contributed by atoms with Crippen LogP contribution in [0.15, 0.2) is 48.5 Å². The molecule has 0 radical (unpaired) electrons. The van der Waals surface area contributed by atoms with Gasteiger partial charge >= 0.3 is 0 Å². The molecule has 0 aliphatic carbocycles. The molecule has 1 N–H and O–H groups in total. The van der Waals surface area contributed by atoms with Crippen LogP contribution in [0.4, 0.5) is 0 Å². The van der Waals surface area contributed by atoms with E-state index in [0.29, 0.717) is 22.9 Å². The lowest BCUT2D eigenvalue weighted by molar-refractivity contribution is -0.140. The normalized spacial score (nSPS) is 11.9. The molecule has 0 aromatic heterocycles. The third-order valence-electron chi connectivity index (χ3n) is 4.42. The molecule has 0 heterocycles. The predicted molar refractivity (Wildman–Crippen MR) is 115 cm³/mol. The minimum Gasteiger partial charge on any atom is -0.352 e. The van der Waals surface area contributed by atoms with Crippen molar-refractivity contribution in [2.75, 3.05) is 0 Å². The number of amides is 2. The highest BCUT2D eigenvalue weighted by atomic mass is 35.5. The number of carbonyl (C=O) groups is 2. The molecule has 6 heteroatoms. The molecule has 28 heavy (non-hydrogen) atoms. The minimum atomic E-state index is -0.614. The van der Waals surface area contributed by atoms with Crippen molar-refractivity contribution in [3.05, 3.63) is 69.7 Å². The molecular weight excluding hydrogens is 395 g/mol. The van der Waals surface area contributed by atoms with Crippen molar-refractivity contribution in [1.29, 1.82) is 0 Å². The second-order valence-corrected chi connectivity index (χ2v) is 7.93. The van der Waals surface area contributed by atoms with E-state index in [4.69, 9.17) is 23.2 Å². The Morgan fingerprint density at radius 3 is 2.32 bits per heavy atom. The summed E-state index contributed by atoms with van der Waals surface area (Å²) in [4.78, 5) is 27.1. The van der Waals surface area contributed by atoms with Crippen LogP contribution in [-0.2, 0) is 22.6 Å². The van der Waals surface area contributed by atoms with Crippen LogP contribution in [-0.4, -0.2) is 28.8 Å². The summed E-state index contributed by atoms with van der Waals surface area (Å²) in [7, 11) is 0. The van der Waals surface area contributed by atoms with Crippen molar-refractivity contribution in [3.63, 3.8) is 0 Å². The Balaban J connectivity index is 2.18. The highest BCUT2D eigenvalue weighted by molar-refractivity contribution is 6.35. The monoisotopic (exact) mass is 420 g/mol. The SMILES string of the molecule is CC(C)NC(=O)[C@@H](C)N(Cc1ccc(Cl)cc1Cl)C(=O)CCc1ccccc1. The maximum Gasteiger partial charge on any atom is 0.242 e. The molecule has 0 saturated carbocycles. The van der Waals surface area contributed by atoms with Crippen molar-refractivity contribution < 1.29 is 9.59 Å². The average molecular weight is 421 g/mol. The Labute approximate surface area is 176 Å². The molecule has 0 unspecified atom stereocenters. The topological polar surface area (TPSA) is 49.4 Å². The summed E-state index contributed by atoms with van der Waals surface area (Å²) in [6, 6.07) is 14.4. The van der Waals surface area contributed by atoms with Crippen molar-refractivity contribution >= 4 is 35.0 Å². The number of benzene rings is 2. The molecule has 2 aromatic carbocycles. The standard InChI is InChI=1S/C22H26Cl2N2O2/c1-15(2)25-22(28)16(3)26(14-18-10-11-19(23)13-20(18)24)21(27)12-9-17-7-5-4-6-8-17/h4-8,10-11,13,15-16H,9,12,14H2,1-3H3,(H,25,28)/t16-/m1/s1. The first-order valence-electron chi connectivity index (χ1n) is 9.35. The van der Waals surface area contributed by atoms with Crippen molar-refractivity contribution in [3.8, 4) is 0 Å². The van der Waals surface area contributed by atoms with Gasteiger partial charge in [-0.25, -0.2) is 0 Å². The van der Waals surface area contributed by atoms with Crippen molar-refractivity contribution in [1.82, 2.24) is 10.2 Å². The van der Waals surface area contributed by atoms with Gasteiger partial charge in [-0.15, -0.1) is 0 Å². The number of aryl methyl sites for hydroxylation is 1. The maximum absolute atomic E-state index is 13.0. The number of rotatable bonds is 8. The van der Waals surface area contributed by atoms with Gasteiger partial charge in [0.1, 0.15) is 6.04 Å². The van der Waals surface area contributed by atoms with E-state index in [1.807, 2.05) is 44.2 Å². The Morgan fingerprint density at radius 1 is 1.04 bits per heavy atom. The quantitative estimate of drug-likeness (QED) is 0.661. The van der Waals surface area contributed by atoms with E-state index in [-0.39, 0.29) is 24.4 Å². The third kappa shape index (κ3) is 6.54. The van der Waals surface area contributed by atoms with Gasteiger partial charge in [-0.05, 0) is 50.5 Å². The minimum absolute atomic E-state index is 0.00431. The number of nitrogens with one attached hydrogen (secondary N) is 1. The smallest absolute Gasteiger partial charge is 0.242 e. The van der Waals surface area contributed by atoms with Crippen LogP contribution in [0.1, 0.15) is 38.3 Å². The molecule has 2 amide bonds. The van der Waals surface area contributed by atoms with Gasteiger partial charge in [0.25, 0.3) is 0 Å². The summed E-state index contributed by atoms with van der Waals surface area (Å²) < 4.78 is 0. The largest absolute Gasteiger partial charge is 0.352 e. The first kappa shape index (κ1) is 22.3. The van der Waals surface area contributed by atoms with Gasteiger partial charge in [0, 0.05) is 29.1 Å². The van der Waals surface area contributed by atoms with Gasteiger partial charge in [0.2, 0.25) is 11.8 Å². The molecule has 0 saturated heterocycles. The molecule has 0 spiro atoms. The van der Waals surface area contributed by atoms with Crippen LogP contribution in [0.25, 0.3) is 0 Å². The summed E-state index contributed by atoms with van der Waals surface area (Å²) in [5.41, 5.74) is 1.84. The van der Waals surface area contributed by atoms with Gasteiger partial charge in [-0.3, -0.25) is 9.59 Å². The molecule has 4 nitrogen and oxygen atoms in total. The molecular formula is C22H26Cl2N2O2. The Morgan fingerprint density at radius 2 is 1.71 bits per heavy atom. The lowest BCUT2D eigenvalue weighted by Crippen LogP contribution is -2.49. The maximum atomic E-state index is 13.0. The average Bonchev–Trinajstić information content (AvgIpc) is 2.65. The van der Waals surface area contributed by atoms with E-state index in [2.05, 4.69) is 5.32 Å². The zero-order chi connectivity index (χ0) is 20.7. The van der Waals surface area contributed by atoms with Crippen LogP contribution in [0, 0.1) is 0 Å². The number of halogens is 2. The van der Waals surface area contributed by atoms with Gasteiger partial charge < -0.3 is 10.2 Å². The number of nitrogens with zero attached hydrogens (tertiary/aromatic N) is 1. The molecule has 2 rings (SSSR count). The van der Waals surface area contributed by atoms with Crippen LogP contribution in [0.5, 0.6) is 0 Å². The zero-order valence-corrected chi connectivity index (χ0v) is 17.9. The fraction of sp³-hybridized carbons (Fsp3) is 0.364. The van der Waals surface area contributed by atoms with Crippen LogP contribution in [0.2, 0.25) is 10.0 Å². The zero-order valence-electron chi connectivity index (χ0n) is 16.4. The molecule has 0 aliphatic rings. The molecule has 150 valence electrons. The Kier molecular flexibility index (Phi) is 8.34. The van der Waals surface area contributed by atoms with E-state index in [9.17, 15) is 9.59 Å². The van der Waals surface area contributed by atoms with Gasteiger partial charge in [0.15, 0.2) is 0 Å². The fourth-order valence-electron chi connectivity index (χ4n) is 2.86. The Hall–Kier alpha value is -2.04. The lowest BCUT2D eigenvalue weighted by Gasteiger charge is -2.29. The van der Waals surface area contributed by atoms with E-state index >= 15 is 0 Å². The van der Waals surface area contributed by atoms with Crippen LogP contribution < -0.4 is 5.32 Å². The van der Waals surface area contributed by atoms with Gasteiger partial charge in [0.05, 0.1) is 0 Å². The highest BCUT2D eigenvalue weighted by Gasteiger charge is 2.26. The number of carbonyl (C=O) groups excluding carboxylic acids is 2. The van der Waals surface area contributed by atoms with Crippen molar-refractivity contribution in [2.24, 2.45) is 0 Å². The van der Waals surface area contributed by atoms with E-state index in [0.717, 1.165) is 11.1 Å². The molecule has 0 fully saturated rings. The number of hydrogen-bond acceptors (Lipinski definition) is 2. The highest BCUT2D eigenvalue weighted by Crippen LogP contribution is 2.23. The van der Waals surface area contributed by atoms with Crippen LogP contribution in [0.3, 0.4) is 0 Å².